The van der Waals surface area contributed by atoms with E-state index in [9.17, 15) is 8.78 Å². The molecule has 78 valence electrons. The van der Waals surface area contributed by atoms with Crippen LogP contribution in [0.25, 0.3) is 10.9 Å². The number of pyridine rings is 1. The summed E-state index contributed by atoms with van der Waals surface area (Å²) in [5.41, 5.74) is 0.160. The Balaban J connectivity index is 2.93. The molecule has 2 aromatic rings. The first kappa shape index (κ1) is 10.9. The molecule has 0 N–H and O–H groups in total. The average molecular weight is 268 g/mol. The van der Waals surface area contributed by atoms with E-state index in [0.717, 1.165) is 6.07 Å². The third kappa shape index (κ3) is 1.75. The van der Waals surface area contributed by atoms with Crippen molar-refractivity contribution < 1.29 is 8.78 Å². The second kappa shape index (κ2) is 3.74. The number of hydrogen-bond donors (Lipinski definition) is 0. The van der Waals surface area contributed by atoms with Gasteiger partial charge in [-0.1, -0.05) is 34.8 Å². The average Bonchev–Trinajstić information content (AvgIpc) is 2.19. The summed E-state index contributed by atoms with van der Waals surface area (Å²) in [5, 5.41) is -0.529. The molecule has 0 atom stereocenters. The summed E-state index contributed by atoms with van der Waals surface area (Å²) in [6, 6.07) is 2.26. The van der Waals surface area contributed by atoms with Crippen molar-refractivity contribution in [2.75, 3.05) is 0 Å². The summed E-state index contributed by atoms with van der Waals surface area (Å²) in [5.74, 6) is -1.50. The van der Waals surface area contributed by atoms with E-state index >= 15 is 0 Å². The van der Waals surface area contributed by atoms with Gasteiger partial charge in [0.25, 0.3) is 0 Å². The quantitative estimate of drug-likeness (QED) is 0.642. The van der Waals surface area contributed by atoms with Crippen LogP contribution in [0, 0.1) is 11.6 Å². The fourth-order valence-electron chi connectivity index (χ4n) is 1.17. The predicted octanol–water partition coefficient (Wildman–Crippen LogP) is 4.47. The van der Waals surface area contributed by atoms with Crippen LogP contribution in [0.15, 0.2) is 12.1 Å². The first-order valence-corrected chi connectivity index (χ1v) is 4.93. The van der Waals surface area contributed by atoms with E-state index in [-0.39, 0.29) is 20.9 Å². The maximum atomic E-state index is 13.2. The molecule has 0 fully saturated rings. The van der Waals surface area contributed by atoms with Crippen LogP contribution in [-0.2, 0) is 0 Å². The van der Waals surface area contributed by atoms with Gasteiger partial charge in [0.2, 0.25) is 0 Å². The molecule has 1 aromatic carbocycles. The summed E-state index contributed by atoms with van der Waals surface area (Å²) in [7, 11) is 0. The molecule has 0 aliphatic carbocycles. The van der Waals surface area contributed by atoms with Gasteiger partial charge >= 0.3 is 0 Å². The smallest absolute Gasteiger partial charge is 0.179 e. The number of hydrogen-bond acceptors (Lipinski definition) is 1. The number of rotatable bonds is 0. The van der Waals surface area contributed by atoms with Crippen molar-refractivity contribution in [3.63, 3.8) is 0 Å². The Labute approximate surface area is 98.6 Å². The molecule has 0 aliphatic rings. The van der Waals surface area contributed by atoms with E-state index in [1.807, 2.05) is 0 Å². The molecule has 0 radical (unpaired) electrons. The van der Waals surface area contributed by atoms with E-state index in [1.165, 1.54) is 6.07 Å². The Morgan fingerprint density at radius 1 is 1.07 bits per heavy atom. The van der Waals surface area contributed by atoms with Gasteiger partial charge in [0.15, 0.2) is 11.0 Å². The molecule has 0 aliphatic heterocycles. The van der Waals surface area contributed by atoms with Gasteiger partial charge in [-0.05, 0) is 6.07 Å². The molecule has 1 nitrogen and oxygen atoms in total. The van der Waals surface area contributed by atoms with Gasteiger partial charge in [-0.15, -0.1) is 0 Å². The lowest BCUT2D eigenvalue weighted by atomic mass is 10.2. The molecule has 6 heteroatoms. The van der Waals surface area contributed by atoms with E-state index in [1.54, 1.807) is 0 Å². The third-order valence-electron chi connectivity index (χ3n) is 1.87. The van der Waals surface area contributed by atoms with Crippen LogP contribution in [0.2, 0.25) is 15.2 Å². The maximum absolute atomic E-state index is 13.2. The van der Waals surface area contributed by atoms with Gasteiger partial charge in [-0.2, -0.15) is 0 Å². The number of nitrogens with zero attached hydrogens (tertiary/aromatic N) is 1. The van der Waals surface area contributed by atoms with Crippen LogP contribution >= 0.6 is 34.8 Å². The Bertz CT molecular complexity index is 552. The zero-order valence-electron chi connectivity index (χ0n) is 6.99. The van der Waals surface area contributed by atoms with Crippen LogP contribution in [0.5, 0.6) is 0 Å². The van der Waals surface area contributed by atoms with Gasteiger partial charge < -0.3 is 0 Å². The highest BCUT2D eigenvalue weighted by atomic mass is 35.5. The molecular formula is C9H2Cl3F2N. The van der Waals surface area contributed by atoms with Gasteiger partial charge in [-0.3, -0.25) is 0 Å². The van der Waals surface area contributed by atoms with E-state index in [4.69, 9.17) is 34.8 Å². The van der Waals surface area contributed by atoms with E-state index in [2.05, 4.69) is 4.98 Å². The van der Waals surface area contributed by atoms with Crippen molar-refractivity contribution in [2.24, 2.45) is 0 Å². The molecular weight excluding hydrogens is 266 g/mol. The van der Waals surface area contributed by atoms with Crippen molar-refractivity contribution >= 4 is 45.7 Å². The van der Waals surface area contributed by atoms with Crippen molar-refractivity contribution in [1.82, 2.24) is 4.98 Å². The number of benzene rings is 1. The van der Waals surface area contributed by atoms with Gasteiger partial charge in [0.05, 0.1) is 15.6 Å². The molecule has 15 heavy (non-hydrogen) atoms. The normalized spacial score (nSPS) is 11.0. The fourth-order valence-corrected chi connectivity index (χ4v) is 1.81. The molecule has 1 aromatic heterocycles. The van der Waals surface area contributed by atoms with Gasteiger partial charge in [0.1, 0.15) is 5.82 Å². The fraction of sp³-hybridized carbons (Fsp3) is 0. The molecule has 0 saturated carbocycles. The summed E-state index contributed by atoms with van der Waals surface area (Å²) in [4.78, 5) is 3.65. The molecule has 0 spiro atoms. The van der Waals surface area contributed by atoms with Gasteiger partial charge in [0, 0.05) is 11.5 Å². The highest BCUT2D eigenvalue weighted by molar-refractivity contribution is 6.39. The SMILES string of the molecule is Fc1cc2nc(Cl)c(F)c(Cl)c2cc1Cl. The minimum absolute atomic E-state index is 0.145. The second-order valence-corrected chi connectivity index (χ2v) is 3.96. The largest absolute Gasteiger partial charge is 0.233 e. The zero-order valence-corrected chi connectivity index (χ0v) is 9.26. The molecule has 0 bridgehead atoms. The molecule has 2 rings (SSSR count). The van der Waals surface area contributed by atoms with Crippen LogP contribution in [-0.4, -0.2) is 4.98 Å². The predicted molar refractivity (Wildman–Crippen MR) is 56.7 cm³/mol. The highest BCUT2D eigenvalue weighted by Crippen LogP contribution is 2.32. The summed E-state index contributed by atoms with van der Waals surface area (Å²) in [6.45, 7) is 0. The topological polar surface area (TPSA) is 12.9 Å². The van der Waals surface area contributed by atoms with Crippen LogP contribution in [0.4, 0.5) is 8.78 Å². The van der Waals surface area contributed by atoms with E-state index in [0.29, 0.717) is 0 Å². The molecule has 1 heterocycles. The second-order valence-electron chi connectivity index (χ2n) is 2.81. The number of halogens is 5. The van der Waals surface area contributed by atoms with Crippen molar-refractivity contribution in [2.45, 2.75) is 0 Å². The van der Waals surface area contributed by atoms with Crippen molar-refractivity contribution in [3.05, 3.63) is 39.0 Å². The number of aromatic nitrogens is 1. The lowest BCUT2D eigenvalue weighted by Gasteiger charge is -2.04. The molecule has 0 unspecified atom stereocenters. The van der Waals surface area contributed by atoms with Crippen LogP contribution in [0.3, 0.4) is 0 Å². The Morgan fingerprint density at radius 2 is 1.73 bits per heavy atom. The third-order valence-corrected chi connectivity index (χ3v) is 2.78. The first-order valence-electron chi connectivity index (χ1n) is 3.80. The van der Waals surface area contributed by atoms with Gasteiger partial charge in [-0.25, -0.2) is 13.8 Å². The van der Waals surface area contributed by atoms with E-state index < -0.39 is 16.8 Å². The summed E-state index contributed by atoms with van der Waals surface area (Å²) < 4.78 is 26.3. The van der Waals surface area contributed by atoms with Crippen LogP contribution in [0.1, 0.15) is 0 Å². The summed E-state index contributed by atoms with van der Waals surface area (Å²) >= 11 is 16.7. The monoisotopic (exact) mass is 267 g/mol. The Kier molecular flexibility index (Phi) is 2.71. The lowest BCUT2D eigenvalue weighted by Crippen LogP contribution is -1.89. The van der Waals surface area contributed by atoms with Crippen molar-refractivity contribution in [1.29, 1.82) is 0 Å². The minimum Gasteiger partial charge on any atom is -0.233 e. The lowest BCUT2D eigenvalue weighted by molar-refractivity contribution is 0.622. The maximum Gasteiger partial charge on any atom is 0.179 e. The summed E-state index contributed by atoms with van der Waals surface area (Å²) in [6.07, 6.45) is 0. The Hall–Kier alpha value is -0.640. The first-order chi connectivity index (χ1) is 7.00. The van der Waals surface area contributed by atoms with Crippen molar-refractivity contribution in [3.8, 4) is 0 Å². The zero-order chi connectivity index (χ0) is 11.2. The number of fused-ring (bicyclic) bond motifs is 1. The Morgan fingerprint density at radius 3 is 2.40 bits per heavy atom. The molecule has 0 amide bonds. The minimum atomic E-state index is -0.839. The molecule has 0 saturated heterocycles. The standard InChI is InChI=1S/C9H2Cl3F2N/c10-4-1-3-6(2-5(4)13)15-9(12)8(14)7(3)11/h1-2H. The van der Waals surface area contributed by atoms with Crippen LogP contribution < -0.4 is 0 Å². The highest BCUT2D eigenvalue weighted by Gasteiger charge is 2.14.